The Morgan fingerprint density at radius 1 is 1.45 bits per heavy atom. The molecular formula is C16H25FN2O. The molecule has 1 aromatic rings. The lowest BCUT2D eigenvalue weighted by atomic mass is 9.98. The smallest absolute Gasteiger partial charge is 0.146 e. The van der Waals surface area contributed by atoms with Crippen LogP contribution in [0.2, 0.25) is 0 Å². The van der Waals surface area contributed by atoms with E-state index in [9.17, 15) is 9.50 Å². The standard InChI is InChI=1S/C16H25FN2O/c1-2-7-18-10-13-5-6-16(15(17)9-13)19-8-3-4-14(11-19)12-20/h5-6,9,14,18,20H,2-4,7-8,10-12H2,1H3. The summed E-state index contributed by atoms with van der Waals surface area (Å²) < 4.78 is 14.2. The number of piperidine rings is 1. The number of aliphatic hydroxyl groups is 1. The largest absolute Gasteiger partial charge is 0.396 e. The Hall–Kier alpha value is -1.13. The third-order valence-electron chi connectivity index (χ3n) is 3.89. The van der Waals surface area contributed by atoms with Gasteiger partial charge in [-0.1, -0.05) is 13.0 Å². The van der Waals surface area contributed by atoms with Gasteiger partial charge < -0.3 is 15.3 Å². The molecule has 0 amide bonds. The summed E-state index contributed by atoms with van der Waals surface area (Å²) in [6, 6.07) is 5.49. The Morgan fingerprint density at radius 2 is 2.30 bits per heavy atom. The third-order valence-corrected chi connectivity index (χ3v) is 3.89. The summed E-state index contributed by atoms with van der Waals surface area (Å²) in [5.74, 6) is 0.119. The van der Waals surface area contributed by atoms with Crippen LogP contribution in [0.5, 0.6) is 0 Å². The summed E-state index contributed by atoms with van der Waals surface area (Å²) in [5.41, 5.74) is 1.65. The van der Waals surface area contributed by atoms with E-state index in [-0.39, 0.29) is 18.3 Å². The van der Waals surface area contributed by atoms with E-state index in [0.29, 0.717) is 12.2 Å². The number of hydrogen-bond acceptors (Lipinski definition) is 3. The number of halogens is 1. The van der Waals surface area contributed by atoms with Crippen LogP contribution >= 0.6 is 0 Å². The maximum atomic E-state index is 14.2. The normalized spacial score (nSPS) is 19.4. The monoisotopic (exact) mass is 280 g/mol. The summed E-state index contributed by atoms with van der Waals surface area (Å²) in [4.78, 5) is 2.06. The van der Waals surface area contributed by atoms with Gasteiger partial charge >= 0.3 is 0 Å². The maximum Gasteiger partial charge on any atom is 0.146 e. The lowest BCUT2D eigenvalue weighted by Gasteiger charge is -2.33. The number of nitrogens with one attached hydrogen (secondary N) is 1. The quantitative estimate of drug-likeness (QED) is 0.786. The predicted octanol–water partition coefficient (Wildman–Crippen LogP) is 2.53. The summed E-state index contributed by atoms with van der Waals surface area (Å²) >= 11 is 0. The molecule has 1 aromatic carbocycles. The van der Waals surface area contributed by atoms with Gasteiger partial charge in [-0.15, -0.1) is 0 Å². The van der Waals surface area contributed by atoms with Crippen LogP contribution in [0.1, 0.15) is 31.7 Å². The molecule has 1 aliphatic rings. The van der Waals surface area contributed by atoms with Crippen LogP contribution < -0.4 is 10.2 Å². The SMILES string of the molecule is CCCNCc1ccc(N2CCCC(CO)C2)c(F)c1. The topological polar surface area (TPSA) is 35.5 Å². The summed E-state index contributed by atoms with van der Waals surface area (Å²) in [7, 11) is 0. The number of anilines is 1. The molecule has 1 aliphatic heterocycles. The molecule has 1 fully saturated rings. The van der Waals surface area contributed by atoms with Crippen LogP contribution in [0.4, 0.5) is 10.1 Å². The van der Waals surface area contributed by atoms with Crippen molar-refractivity contribution in [1.82, 2.24) is 5.32 Å². The first-order chi connectivity index (χ1) is 9.74. The van der Waals surface area contributed by atoms with Crippen molar-refractivity contribution in [3.8, 4) is 0 Å². The van der Waals surface area contributed by atoms with Gasteiger partial charge in [0.2, 0.25) is 0 Å². The molecule has 1 atom stereocenters. The summed E-state index contributed by atoms with van der Waals surface area (Å²) in [6.45, 7) is 5.60. The molecule has 2 N–H and O–H groups in total. The van der Waals surface area contributed by atoms with Crippen molar-refractivity contribution < 1.29 is 9.50 Å². The molecule has 1 saturated heterocycles. The van der Waals surface area contributed by atoms with Crippen LogP contribution in [0, 0.1) is 11.7 Å². The fraction of sp³-hybridized carbons (Fsp3) is 0.625. The second-order valence-corrected chi connectivity index (χ2v) is 5.60. The number of hydrogen-bond donors (Lipinski definition) is 2. The van der Waals surface area contributed by atoms with Gasteiger partial charge in [-0.25, -0.2) is 4.39 Å². The number of benzene rings is 1. The van der Waals surface area contributed by atoms with E-state index in [0.717, 1.165) is 44.5 Å². The lowest BCUT2D eigenvalue weighted by Crippen LogP contribution is -2.37. The van der Waals surface area contributed by atoms with Crippen molar-refractivity contribution in [3.05, 3.63) is 29.6 Å². The molecule has 112 valence electrons. The summed E-state index contributed by atoms with van der Waals surface area (Å²) in [5, 5.41) is 12.5. The van der Waals surface area contributed by atoms with E-state index in [1.807, 2.05) is 12.1 Å². The maximum absolute atomic E-state index is 14.2. The molecule has 0 bridgehead atoms. The Kier molecular flexibility index (Phi) is 5.80. The Balaban J connectivity index is 2.01. The zero-order chi connectivity index (χ0) is 14.4. The molecule has 0 saturated carbocycles. The highest BCUT2D eigenvalue weighted by Gasteiger charge is 2.21. The fourth-order valence-corrected chi connectivity index (χ4v) is 2.76. The van der Waals surface area contributed by atoms with Crippen LogP contribution in [0.25, 0.3) is 0 Å². The third kappa shape index (κ3) is 3.93. The minimum Gasteiger partial charge on any atom is -0.396 e. The van der Waals surface area contributed by atoms with Gasteiger partial charge in [-0.3, -0.25) is 0 Å². The molecule has 1 heterocycles. The van der Waals surface area contributed by atoms with E-state index in [1.54, 1.807) is 6.07 Å². The van der Waals surface area contributed by atoms with Gasteiger partial charge in [0.15, 0.2) is 0 Å². The van der Waals surface area contributed by atoms with Gasteiger partial charge in [0.05, 0.1) is 5.69 Å². The lowest BCUT2D eigenvalue weighted by molar-refractivity contribution is 0.208. The number of rotatable bonds is 6. The van der Waals surface area contributed by atoms with Gasteiger partial charge in [-0.05, 0) is 49.4 Å². The predicted molar refractivity (Wildman–Crippen MR) is 80.4 cm³/mol. The Morgan fingerprint density at radius 3 is 3.00 bits per heavy atom. The van der Waals surface area contributed by atoms with Crippen molar-refractivity contribution >= 4 is 5.69 Å². The molecule has 3 nitrogen and oxygen atoms in total. The molecular weight excluding hydrogens is 255 g/mol. The Labute approximate surface area is 120 Å². The van der Waals surface area contributed by atoms with Crippen molar-refractivity contribution in [2.45, 2.75) is 32.7 Å². The van der Waals surface area contributed by atoms with E-state index >= 15 is 0 Å². The second kappa shape index (κ2) is 7.60. The average molecular weight is 280 g/mol. The fourth-order valence-electron chi connectivity index (χ4n) is 2.76. The van der Waals surface area contributed by atoms with E-state index in [1.165, 1.54) is 0 Å². The van der Waals surface area contributed by atoms with Gasteiger partial charge in [0.25, 0.3) is 0 Å². The zero-order valence-electron chi connectivity index (χ0n) is 12.2. The molecule has 0 spiro atoms. The van der Waals surface area contributed by atoms with Crippen molar-refractivity contribution in [3.63, 3.8) is 0 Å². The average Bonchev–Trinajstić information content (AvgIpc) is 2.48. The van der Waals surface area contributed by atoms with Gasteiger partial charge in [-0.2, -0.15) is 0 Å². The number of aliphatic hydroxyl groups excluding tert-OH is 1. The van der Waals surface area contributed by atoms with Crippen LogP contribution in [0.3, 0.4) is 0 Å². The first kappa shape index (κ1) is 15.3. The molecule has 4 heteroatoms. The molecule has 1 unspecified atom stereocenters. The molecule has 2 rings (SSSR count). The van der Waals surface area contributed by atoms with E-state index < -0.39 is 0 Å². The minimum absolute atomic E-state index is 0.153. The molecule has 0 aliphatic carbocycles. The second-order valence-electron chi connectivity index (χ2n) is 5.60. The minimum atomic E-state index is -0.153. The molecule has 0 aromatic heterocycles. The van der Waals surface area contributed by atoms with E-state index in [4.69, 9.17) is 0 Å². The first-order valence-electron chi connectivity index (χ1n) is 7.59. The highest BCUT2D eigenvalue weighted by Crippen LogP contribution is 2.26. The highest BCUT2D eigenvalue weighted by atomic mass is 19.1. The zero-order valence-corrected chi connectivity index (χ0v) is 12.2. The Bertz CT molecular complexity index is 425. The van der Waals surface area contributed by atoms with Gasteiger partial charge in [0.1, 0.15) is 5.82 Å². The van der Waals surface area contributed by atoms with Crippen LogP contribution in [-0.4, -0.2) is 31.3 Å². The van der Waals surface area contributed by atoms with Crippen LogP contribution in [-0.2, 0) is 6.54 Å². The highest BCUT2D eigenvalue weighted by molar-refractivity contribution is 5.49. The summed E-state index contributed by atoms with van der Waals surface area (Å²) in [6.07, 6.45) is 3.13. The van der Waals surface area contributed by atoms with Crippen molar-refractivity contribution in [2.75, 3.05) is 31.1 Å². The van der Waals surface area contributed by atoms with Gasteiger partial charge in [0, 0.05) is 26.2 Å². The molecule has 20 heavy (non-hydrogen) atoms. The molecule has 0 radical (unpaired) electrons. The van der Waals surface area contributed by atoms with E-state index in [2.05, 4.69) is 17.1 Å². The van der Waals surface area contributed by atoms with Crippen molar-refractivity contribution in [1.29, 1.82) is 0 Å². The van der Waals surface area contributed by atoms with Crippen LogP contribution in [0.15, 0.2) is 18.2 Å². The van der Waals surface area contributed by atoms with Crippen molar-refractivity contribution in [2.24, 2.45) is 5.92 Å². The number of nitrogens with zero attached hydrogens (tertiary/aromatic N) is 1. The first-order valence-corrected chi connectivity index (χ1v) is 7.59.